The molecule has 2 aromatic heterocycles. The largest absolute Gasteiger partial charge is 0.573 e. The predicted molar refractivity (Wildman–Crippen MR) is 116 cm³/mol. The Morgan fingerprint density at radius 3 is 2.58 bits per heavy atom. The number of alkyl halides is 3. The van der Waals surface area contributed by atoms with Crippen molar-refractivity contribution in [2.24, 2.45) is 17.8 Å². The zero-order valence-electron chi connectivity index (χ0n) is 18.8. The number of fused-ring (bicyclic) bond motifs is 1. The van der Waals surface area contributed by atoms with Crippen LogP contribution in [-0.4, -0.2) is 56.9 Å². The lowest BCUT2D eigenvalue weighted by molar-refractivity contribution is -0.274. The molecule has 3 aliphatic rings. The number of nitrogens with two attached hydrogens (primary N) is 1. The molecular weight excluding hydrogens is 435 g/mol. The number of likely N-dealkylation sites (tertiary alicyclic amines) is 1. The maximum Gasteiger partial charge on any atom is 0.573 e. The van der Waals surface area contributed by atoms with E-state index in [-0.39, 0.29) is 18.5 Å². The first-order valence-corrected chi connectivity index (χ1v) is 11.6. The standard InChI is InChI=1S/C23H30F3N5O2/c1-12(2)31-19(21-16-6-15(7-17(16)21)30-4-3-13(10-30)11-32)8-18(29-31)14-5-20(22(27)28-9-14)33-23(24,25)26/h5,8-9,12-13,15-17,21,32H,3-4,6-7,10-11H2,1-2H3,(H2,27,28)/t13-,15?,16-,17+,21?/m0/s1. The number of nitrogen functional groups attached to an aromatic ring is 1. The first-order valence-electron chi connectivity index (χ1n) is 11.6. The van der Waals surface area contributed by atoms with Crippen molar-refractivity contribution in [3.8, 4) is 17.0 Å². The van der Waals surface area contributed by atoms with Crippen LogP contribution in [0.1, 0.15) is 50.8 Å². The first-order chi connectivity index (χ1) is 15.6. The van der Waals surface area contributed by atoms with E-state index in [0.717, 1.165) is 38.0 Å². The maximum absolute atomic E-state index is 12.7. The van der Waals surface area contributed by atoms with E-state index in [1.165, 1.54) is 12.3 Å². The summed E-state index contributed by atoms with van der Waals surface area (Å²) in [5, 5.41) is 14.1. The van der Waals surface area contributed by atoms with Gasteiger partial charge >= 0.3 is 6.36 Å². The lowest BCUT2D eigenvalue weighted by Crippen LogP contribution is -2.33. The summed E-state index contributed by atoms with van der Waals surface area (Å²) in [5.74, 6) is 1.22. The second-order valence-corrected chi connectivity index (χ2v) is 9.96. The quantitative estimate of drug-likeness (QED) is 0.674. The molecule has 3 heterocycles. The number of aromatic nitrogens is 3. The van der Waals surface area contributed by atoms with E-state index >= 15 is 0 Å². The molecule has 0 amide bonds. The summed E-state index contributed by atoms with van der Waals surface area (Å²) in [6.07, 6.45) is -0.0292. The fourth-order valence-corrected chi connectivity index (χ4v) is 5.91. The Balaban J connectivity index is 1.34. The molecule has 5 rings (SSSR count). The van der Waals surface area contributed by atoms with Crippen LogP contribution in [0.3, 0.4) is 0 Å². The summed E-state index contributed by atoms with van der Waals surface area (Å²) in [7, 11) is 0. The SMILES string of the molecule is CC(C)n1nc(-c2cnc(N)c(OC(F)(F)F)c2)cc1C1[C@H]2CC(N3CC[C@H](CO)C3)C[C@@H]12. The Morgan fingerprint density at radius 1 is 1.24 bits per heavy atom. The summed E-state index contributed by atoms with van der Waals surface area (Å²) in [6.45, 7) is 6.44. The van der Waals surface area contributed by atoms with Crippen molar-refractivity contribution < 1.29 is 23.0 Å². The van der Waals surface area contributed by atoms with E-state index < -0.39 is 12.1 Å². The molecule has 0 spiro atoms. The lowest BCUT2D eigenvalue weighted by Gasteiger charge is -2.26. The molecule has 1 aliphatic heterocycles. The highest BCUT2D eigenvalue weighted by Gasteiger charge is 2.59. The molecule has 0 bridgehead atoms. The number of halogens is 3. The smallest absolute Gasteiger partial charge is 0.402 e. The predicted octanol–water partition coefficient (Wildman–Crippen LogP) is 3.81. The van der Waals surface area contributed by atoms with E-state index in [4.69, 9.17) is 10.8 Å². The van der Waals surface area contributed by atoms with Crippen LogP contribution in [0.4, 0.5) is 19.0 Å². The molecule has 2 unspecified atom stereocenters. The van der Waals surface area contributed by atoms with Gasteiger partial charge in [-0.2, -0.15) is 5.10 Å². The molecule has 33 heavy (non-hydrogen) atoms. The third-order valence-corrected chi connectivity index (χ3v) is 7.51. The Bertz CT molecular complexity index is 1010. The number of nitrogens with zero attached hydrogens (tertiary/aromatic N) is 4. The van der Waals surface area contributed by atoms with Crippen LogP contribution in [0.2, 0.25) is 0 Å². The fourth-order valence-electron chi connectivity index (χ4n) is 5.91. The minimum Gasteiger partial charge on any atom is -0.402 e. The summed E-state index contributed by atoms with van der Waals surface area (Å²) < 4.78 is 44.2. The average molecular weight is 466 g/mol. The molecule has 2 saturated carbocycles. The van der Waals surface area contributed by atoms with Crippen LogP contribution in [0.5, 0.6) is 5.75 Å². The highest BCUT2D eigenvalue weighted by Crippen LogP contribution is 2.64. The van der Waals surface area contributed by atoms with E-state index in [2.05, 4.69) is 28.5 Å². The van der Waals surface area contributed by atoms with Crippen LogP contribution >= 0.6 is 0 Å². The van der Waals surface area contributed by atoms with Gasteiger partial charge in [-0.15, -0.1) is 13.2 Å². The number of ether oxygens (including phenoxy) is 1. The van der Waals surface area contributed by atoms with Gasteiger partial charge in [0.2, 0.25) is 0 Å². The monoisotopic (exact) mass is 465 g/mol. The number of pyridine rings is 1. The molecule has 2 aromatic rings. The average Bonchev–Trinajstić information content (AvgIpc) is 3.23. The van der Waals surface area contributed by atoms with E-state index in [1.54, 1.807) is 0 Å². The van der Waals surface area contributed by atoms with Crippen LogP contribution in [0, 0.1) is 17.8 Å². The molecule has 7 nitrogen and oxygen atoms in total. The van der Waals surface area contributed by atoms with Gasteiger partial charge in [0.1, 0.15) is 0 Å². The van der Waals surface area contributed by atoms with Crippen LogP contribution < -0.4 is 10.5 Å². The van der Waals surface area contributed by atoms with Crippen molar-refractivity contribution >= 4 is 5.82 Å². The molecule has 5 atom stereocenters. The van der Waals surface area contributed by atoms with E-state index in [0.29, 0.717) is 41.0 Å². The Kier molecular flexibility index (Phi) is 5.55. The number of aliphatic hydroxyl groups is 1. The molecule has 0 aromatic carbocycles. The summed E-state index contributed by atoms with van der Waals surface area (Å²) in [4.78, 5) is 6.43. The van der Waals surface area contributed by atoms with Gasteiger partial charge < -0.3 is 15.6 Å². The number of hydrogen-bond donors (Lipinski definition) is 2. The van der Waals surface area contributed by atoms with Gasteiger partial charge in [0.25, 0.3) is 0 Å². The molecule has 2 aliphatic carbocycles. The van der Waals surface area contributed by atoms with E-state index in [1.807, 2.05) is 10.7 Å². The summed E-state index contributed by atoms with van der Waals surface area (Å²) >= 11 is 0. The minimum absolute atomic E-state index is 0.127. The van der Waals surface area contributed by atoms with Gasteiger partial charge in [-0.3, -0.25) is 9.58 Å². The van der Waals surface area contributed by atoms with Crippen LogP contribution in [0.25, 0.3) is 11.3 Å². The first kappa shape index (κ1) is 22.5. The van der Waals surface area contributed by atoms with Gasteiger partial charge in [-0.1, -0.05) is 0 Å². The Hall–Kier alpha value is -2.33. The van der Waals surface area contributed by atoms with Crippen LogP contribution in [-0.2, 0) is 0 Å². The molecule has 180 valence electrons. The van der Waals surface area contributed by atoms with Gasteiger partial charge in [-0.25, -0.2) is 4.98 Å². The van der Waals surface area contributed by atoms with Crippen LogP contribution in [0.15, 0.2) is 18.3 Å². The third-order valence-electron chi connectivity index (χ3n) is 7.51. The zero-order valence-corrected chi connectivity index (χ0v) is 18.8. The third kappa shape index (κ3) is 4.30. The van der Waals surface area contributed by atoms with Gasteiger partial charge in [0, 0.05) is 48.6 Å². The van der Waals surface area contributed by atoms with Crippen molar-refractivity contribution in [1.29, 1.82) is 0 Å². The number of aliphatic hydroxyl groups excluding tert-OH is 1. The molecule has 0 radical (unpaired) electrons. The van der Waals surface area contributed by atoms with Gasteiger partial charge in [-0.05, 0) is 69.5 Å². The molecule has 10 heteroatoms. The second kappa shape index (κ2) is 8.16. The Labute approximate surface area is 190 Å². The minimum atomic E-state index is -4.84. The normalized spacial score (nSPS) is 29.6. The van der Waals surface area contributed by atoms with Gasteiger partial charge in [0.15, 0.2) is 11.6 Å². The lowest BCUT2D eigenvalue weighted by atomic mass is 10.0. The number of rotatable bonds is 6. The van der Waals surface area contributed by atoms with Crippen molar-refractivity contribution in [3.05, 3.63) is 24.0 Å². The molecule has 3 N–H and O–H groups in total. The molecular formula is C23H30F3N5O2. The molecule has 3 fully saturated rings. The molecule has 1 saturated heterocycles. The summed E-state index contributed by atoms with van der Waals surface area (Å²) in [6, 6.07) is 3.95. The Morgan fingerprint density at radius 2 is 1.97 bits per heavy atom. The summed E-state index contributed by atoms with van der Waals surface area (Å²) in [5.41, 5.74) is 7.74. The topological polar surface area (TPSA) is 89.4 Å². The number of hydrogen-bond acceptors (Lipinski definition) is 6. The zero-order chi connectivity index (χ0) is 23.5. The highest BCUT2D eigenvalue weighted by molar-refractivity contribution is 5.64. The van der Waals surface area contributed by atoms with E-state index in [9.17, 15) is 18.3 Å². The second-order valence-electron chi connectivity index (χ2n) is 9.96. The van der Waals surface area contributed by atoms with Gasteiger partial charge in [0.05, 0.1) is 5.69 Å². The highest BCUT2D eigenvalue weighted by atomic mass is 19.4. The number of anilines is 1. The fraction of sp³-hybridized carbons (Fsp3) is 0.652. The van der Waals surface area contributed by atoms with Crippen molar-refractivity contribution in [3.63, 3.8) is 0 Å². The maximum atomic E-state index is 12.7. The van der Waals surface area contributed by atoms with Crippen molar-refractivity contribution in [2.45, 2.75) is 57.5 Å². The van der Waals surface area contributed by atoms with Crippen molar-refractivity contribution in [2.75, 3.05) is 25.4 Å². The van der Waals surface area contributed by atoms with Crippen molar-refractivity contribution in [1.82, 2.24) is 19.7 Å².